The molecule has 92 valence electrons. The minimum atomic E-state index is -0.315. The van der Waals surface area contributed by atoms with Crippen LogP contribution in [0.1, 0.15) is 12.0 Å². The lowest BCUT2D eigenvalue weighted by Crippen LogP contribution is -2.26. The molecule has 1 aliphatic heterocycles. The summed E-state index contributed by atoms with van der Waals surface area (Å²) in [7, 11) is 1.35. The van der Waals surface area contributed by atoms with Crippen molar-refractivity contribution >= 4 is 39.1 Å². The van der Waals surface area contributed by atoms with E-state index in [9.17, 15) is 9.59 Å². The molecule has 1 aliphatic rings. The second-order valence-corrected chi connectivity index (χ2v) is 6.15. The number of halogens is 1. The van der Waals surface area contributed by atoms with Crippen molar-refractivity contribution in [2.75, 3.05) is 13.7 Å². The van der Waals surface area contributed by atoms with Crippen LogP contribution in [0.3, 0.4) is 0 Å². The van der Waals surface area contributed by atoms with Crippen molar-refractivity contribution in [2.24, 2.45) is 5.92 Å². The summed E-state index contributed by atoms with van der Waals surface area (Å²) in [6, 6.07) is 1.98. The van der Waals surface area contributed by atoms with Crippen molar-refractivity contribution in [1.82, 2.24) is 4.90 Å². The molecule has 0 aromatic carbocycles. The van der Waals surface area contributed by atoms with E-state index in [0.29, 0.717) is 13.1 Å². The molecule has 0 spiro atoms. The lowest BCUT2D eigenvalue weighted by atomic mass is 10.1. The molecule has 0 N–H and O–H groups in total. The van der Waals surface area contributed by atoms with Gasteiger partial charge in [0, 0.05) is 19.5 Å². The molecule has 2 heterocycles. The number of carbonyl (C=O) groups is 2. The number of amides is 1. The number of esters is 1. The molecule has 1 saturated heterocycles. The lowest BCUT2D eigenvalue weighted by Gasteiger charge is -2.15. The number of likely N-dealkylation sites (tertiary alicyclic amines) is 1. The van der Waals surface area contributed by atoms with Crippen LogP contribution < -0.4 is 0 Å². The first-order valence-corrected chi connectivity index (χ1v) is 6.86. The predicted molar refractivity (Wildman–Crippen MR) is 67.6 cm³/mol. The van der Waals surface area contributed by atoms with E-state index in [4.69, 9.17) is 0 Å². The predicted octanol–water partition coefficient (Wildman–Crippen LogP) is 2.03. The largest absolute Gasteiger partial charge is 0.469 e. The summed E-state index contributed by atoms with van der Waals surface area (Å²) in [5.74, 6) is -0.603. The molecule has 1 amide bonds. The standard InChI is InChI=1S/C11H12BrNO3S/c1-16-11(15)8-4-9(14)13(6-8)5-7-2-3-17-10(7)12/h2-3,8H,4-6H2,1H3. The Morgan fingerprint density at radius 2 is 2.47 bits per heavy atom. The second-order valence-electron chi connectivity index (χ2n) is 3.92. The fourth-order valence-electron chi connectivity index (χ4n) is 1.89. The molecule has 0 bridgehead atoms. The summed E-state index contributed by atoms with van der Waals surface area (Å²) in [6.45, 7) is 1.00. The number of rotatable bonds is 3. The molecule has 0 aliphatic carbocycles. The van der Waals surface area contributed by atoms with E-state index in [1.165, 1.54) is 7.11 Å². The highest BCUT2D eigenvalue weighted by Crippen LogP contribution is 2.27. The molecule has 4 nitrogen and oxygen atoms in total. The second kappa shape index (κ2) is 5.18. The van der Waals surface area contributed by atoms with Gasteiger partial charge in [0.1, 0.15) is 0 Å². The Labute approximate surface area is 112 Å². The van der Waals surface area contributed by atoms with Gasteiger partial charge in [-0.15, -0.1) is 11.3 Å². The zero-order chi connectivity index (χ0) is 12.4. The number of methoxy groups -OCH3 is 1. The Hall–Kier alpha value is -0.880. The van der Waals surface area contributed by atoms with Crippen LogP contribution in [0.25, 0.3) is 0 Å². The van der Waals surface area contributed by atoms with Crippen LogP contribution in [0, 0.1) is 5.92 Å². The van der Waals surface area contributed by atoms with Crippen LogP contribution in [0.5, 0.6) is 0 Å². The Morgan fingerprint density at radius 1 is 1.71 bits per heavy atom. The van der Waals surface area contributed by atoms with E-state index >= 15 is 0 Å². The molecule has 1 atom stereocenters. The highest BCUT2D eigenvalue weighted by molar-refractivity contribution is 9.11. The van der Waals surface area contributed by atoms with Gasteiger partial charge in [0.05, 0.1) is 16.8 Å². The van der Waals surface area contributed by atoms with E-state index in [1.807, 2.05) is 11.4 Å². The first kappa shape index (κ1) is 12.6. The summed E-state index contributed by atoms with van der Waals surface area (Å²) in [5.41, 5.74) is 1.08. The van der Waals surface area contributed by atoms with Gasteiger partial charge in [-0.1, -0.05) is 0 Å². The van der Waals surface area contributed by atoms with Gasteiger partial charge in [0.2, 0.25) is 5.91 Å². The van der Waals surface area contributed by atoms with Crippen molar-refractivity contribution in [3.05, 3.63) is 20.8 Å². The molecule has 1 unspecified atom stereocenters. The molecule has 1 fully saturated rings. The molecule has 1 aromatic rings. The van der Waals surface area contributed by atoms with Gasteiger partial charge in [-0.3, -0.25) is 9.59 Å². The van der Waals surface area contributed by atoms with Crippen LogP contribution in [0.15, 0.2) is 15.2 Å². The van der Waals surface area contributed by atoms with E-state index in [2.05, 4.69) is 20.7 Å². The average Bonchev–Trinajstić information content (AvgIpc) is 2.87. The summed E-state index contributed by atoms with van der Waals surface area (Å²) in [6.07, 6.45) is 0.258. The Morgan fingerprint density at radius 3 is 3.06 bits per heavy atom. The number of ether oxygens (including phenoxy) is 1. The maximum absolute atomic E-state index is 11.7. The van der Waals surface area contributed by atoms with E-state index in [-0.39, 0.29) is 24.2 Å². The zero-order valence-corrected chi connectivity index (χ0v) is 11.7. The van der Waals surface area contributed by atoms with Crippen LogP contribution in [0.2, 0.25) is 0 Å². The highest BCUT2D eigenvalue weighted by atomic mass is 79.9. The monoisotopic (exact) mass is 317 g/mol. The number of hydrogen-bond donors (Lipinski definition) is 0. The van der Waals surface area contributed by atoms with E-state index < -0.39 is 0 Å². The van der Waals surface area contributed by atoms with Gasteiger partial charge in [-0.25, -0.2) is 0 Å². The quantitative estimate of drug-likeness (QED) is 0.801. The van der Waals surface area contributed by atoms with Gasteiger partial charge in [-0.05, 0) is 32.9 Å². The van der Waals surface area contributed by atoms with Crippen molar-refractivity contribution in [1.29, 1.82) is 0 Å². The van der Waals surface area contributed by atoms with Crippen LogP contribution in [-0.4, -0.2) is 30.4 Å². The molecule has 0 radical (unpaired) electrons. The maximum atomic E-state index is 11.7. The topological polar surface area (TPSA) is 46.6 Å². The average molecular weight is 318 g/mol. The minimum absolute atomic E-state index is 0.0125. The Balaban J connectivity index is 2.02. The van der Waals surface area contributed by atoms with Crippen molar-refractivity contribution < 1.29 is 14.3 Å². The zero-order valence-electron chi connectivity index (χ0n) is 9.31. The van der Waals surface area contributed by atoms with Crippen molar-refractivity contribution in [3.63, 3.8) is 0 Å². The lowest BCUT2D eigenvalue weighted by molar-refractivity contribution is -0.145. The third-order valence-corrected chi connectivity index (χ3v) is 4.61. The van der Waals surface area contributed by atoms with E-state index in [0.717, 1.165) is 9.35 Å². The normalized spacial score (nSPS) is 19.8. The molecule has 17 heavy (non-hydrogen) atoms. The fraction of sp³-hybridized carbons (Fsp3) is 0.455. The highest BCUT2D eigenvalue weighted by Gasteiger charge is 2.35. The fourth-order valence-corrected chi connectivity index (χ4v) is 3.10. The summed E-state index contributed by atoms with van der Waals surface area (Å²) in [4.78, 5) is 24.8. The molecule has 2 rings (SSSR count). The smallest absolute Gasteiger partial charge is 0.310 e. The Bertz CT molecular complexity index is 446. The SMILES string of the molecule is COC(=O)C1CC(=O)N(Cc2ccsc2Br)C1. The maximum Gasteiger partial charge on any atom is 0.310 e. The van der Waals surface area contributed by atoms with Crippen molar-refractivity contribution in [3.8, 4) is 0 Å². The van der Waals surface area contributed by atoms with Gasteiger partial charge < -0.3 is 9.64 Å². The van der Waals surface area contributed by atoms with Crippen molar-refractivity contribution in [2.45, 2.75) is 13.0 Å². The third-order valence-electron chi connectivity index (χ3n) is 2.80. The number of hydrogen-bond acceptors (Lipinski definition) is 4. The number of nitrogens with zero attached hydrogens (tertiary/aromatic N) is 1. The number of carbonyl (C=O) groups excluding carboxylic acids is 2. The molecule has 0 saturated carbocycles. The van der Waals surface area contributed by atoms with Gasteiger partial charge >= 0.3 is 5.97 Å². The summed E-state index contributed by atoms with van der Waals surface area (Å²) >= 11 is 5.03. The molecule has 6 heteroatoms. The Kier molecular flexibility index (Phi) is 3.83. The van der Waals surface area contributed by atoms with Crippen LogP contribution in [-0.2, 0) is 20.9 Å². The molecular weight excluding hydrogens is 306 g/mol. The van der Waals surface area contributed by atoms with E-state index in [1.54, 1.807) is 16.2 Å². The molecular formula is C11H12BrNO3S. The van der Waals surface area contributed by atoms with Gasteiger partial charge in [-0.2, -0.15) is 0 Å². The van der Waals surface area contributed by atoms with Crippen LogP contribution in [0.4, 0.5) is 0 Å². The van der Waals surface area contributed by atoms with Gasteiger partial charge in [0.25, 0.3) is 0 Å². The third kappa shape index (κ3) is 2.69. The minimum Gasteiger partial charge on any atom is -0.469 e. The van der Waals surface area contributed by atoms with Gasteiger partial charge in [0.15, 0.2) is 0 Å². The first-order valence-electron chi connectivity index (χ1n) is 5.19. The summed E-state index contributed by atoms with van der Waals surface area (Å²) < 4.78 is 5.70. The van der Waals surface area contributed by atoms with Crippen LogP contribution >= 0.6 is 27.3 Å². The molecule has 1 aromatic heterocycles. The number of thiophene rings is 1. The summed E-state index contributed by atoms with van der Waals surface area (Å²) in [5, 5.41) is 1.97. The first-order chi connectivity index (χ1) is 8.11.